The molecular weight excluding hydrogens is 384 g/mol. The average molecular weight is 412 g/mol. The molecule has 0 radical (unpaired) electrons. The fourth-order valence-corrected chi connectivity index (χ4v) is 2.53. The summed E-state index contributed by atoms with van der Waals surface area (Å²) in [4.78, 5) is 28.0. The molecule has 7 heteroatoms. The molecule has 2 N–H and O–H groups in total. The normalized spacial score (nSPS) is 12.6. The number of aliphatic hydroxyl groups excluding tert-OH is 1. The molecule has 0 saturated carbocycles. The summed E-state index contributed by atoms with van der Waals surface area (Å²) in [7, 11) is 0. The molecule has 0 bridgehead atoms. The van der Waals surface area contributed by atoms with Crippen LogP contribution in [0.15, 0.2) is 54.9 Å². The fraction of sp³-hybridized carbons (Fsp3) is 0.348. The maximum Gasteiger partial charge on any atom is 0.338 e. The number of β-amino-alcohol motifs (C(OH)–C–C–N with tert-alkyl or cyclic N) is 1. The summed E-state index contributed by atoms with van der Waals surface area (Å²) in [6, 6.07) is 8.04. The summed E-state index contributed by atoms with van der Waals surface area (Å²) < 4.78 is 10.7. The van der Waals surface area contributed by atoms with Crippen molar-refractivity contribution < 1.29 is 24.2 Å². The Balaban J connectivity index is 2.20. The van der Waals surface area contributed by atoms with Crippen LogP contribution in [-0.4, -0.2) is 34.1 Å². The zero-order chi connectivity index (χ0) is 22.1. The van der Waals surface area contributed by atoms with Crippen molar-refractivity contribution in [2.75, 3.05) is 6.54 Å². The average Bonchev–Trinajstić information content (AvgIpc) is 2.71. The molecule has 0 aliphatic heterocycles. The minimum absolute atomic E-state index is 0.118. The highest BCUT2D eigenvalue weighted by Crippen LogP contribution is 2.25. The Bertz CT molecular complexity index is 888. The predicted octanol–water partition coefficient (Wildman–Crippen LogP) is 3.34. The number of carbonyl (C=O) groups excluding carboxylic acids is 2. The van der Waals surface area contributed by atoms with Crippen molar-refractivity contribution in [1.29, 1.82) is 0 Å². The first kappa shape index (κ1) is 23.3. The number of esters is 2. The Morgan fingerprint density at radius 3 is 2.53 bits per heavy atom. The van der Waals surface area contributed by atoms with E-state index in [1.54, 1.807) is 43.3 Å². The number of hydrogen-bond acceptors (Lipinski definition) is 7. The number of carbonyl (C=O) groups is 2. The second-order valence-corrected chi connectivity index (χ2v) is 7.75. The highest BCUT2D eigenvalue weighted by Gasteiger charge is 2.17. The molecule has 0 aliphatic rings. The van der Waals surface area contributed by atoms with E-state index in [0.717, 1.165) is 0 Å². The second kappa shape index (κ2) is 10.7. The van der Waals surface area contributed by atoms with Crippen LogP contribution in [0.5, 0.6) is 5.75 Å². The van der Waals surface area contributed by atoms with Crippen molar-refractivity contribution in [2.24, 2.45) is 0 Å². The Morgan fingerprint density at radius 2 is 1.90 bits per heavy atom. The standard InChI is InChI=1S/C23H28N2O5/c1-5-6-21(27)30-20-8-7-17(19(26)14-25-23(2,3)4)13-18(20)15-29-22(28)16-9-11-24-12-10-16/h5-13,19,25-26H,14-15H2,1-4H3/b6-5+. The van der Waals surface area contributed by atoms with Crippen LogP contribution < -0.4 is 10.1 Å². The lowest BCUT2D eigenvalue weighted by Crippen LogP contribution is -2.38. The third kappa shape index (κ3) is 7.42. The van der Waals surface area contributed by atoms with Gasteiger partial charge in [0.2, 0.25) is 0 Å². The van der Waals surface area contributed by atoms with Gasteiger partial charge in [0.25, 0.3) is 0 Å². The highest BCUT2D eigenvalue weighted by molar-refractivity contribution is 5.89. The minimum atomic E-state index is -0.779. The molecule has 0 aliphatic carbocycles. The van der Waals surface area contributed by atoms with E-state index in [-0.39, 0.29) is 17.9 Å². The SMILES string of the molecule is C/C=C/C(=O)Oc1ccc(C(O)CNC(C)(C)C)cc1COC(=O)c1ccncc1. The first-order valence-corrected chi connectivity index (χ1v) is 9.67. The number of aromatic nitrogens is 1. The fourth-order valence-electron chi connectivity index (χ4n) is 2.53. The molecule has 160 valence electrons. The first-order valence-electron chi connectivity index (χ1n) is 9.67. The lowest BCUT2D eigenvalue weighted by Gasteiger charge is -2.23. The molecule has 2 rings (SSSR count). The van der Waals surface area contributed by atoms with Crippen LogP contribution >= 0.6 is 0 Å². The van der Waals surface area contributed by atoms with Crippen LogP contribution in [0.1, 0.15) is 55.3 Å². The van der Waals surface area contributed by atoms with Crippen molar-refractivity contribution in [3.63, 3.8) is 0 Å². The monoisotopic (exact) mass is 412 g/mol. The number of rotatable bonds is 8. The van der Waals surface area contributed by atoms with Gasteiger partial charge in [0.15, 0.2) is 0 Å². The van der Waals surface area contributed by atoms with Gasteiger partial charge < -0.3 is 19.9 Å². The molecule has 0 spiro atoms. The van der Waals surface area contributed by atoms with Gasteiger partial charge >= 0.3 is 11.9 Å². The number of benzene rings is 1. The van der Waals surface area contributed by atoms with E-state index >= 15 is 0 Å². The van der Waals surface area contributed by atoms with Gasteiger partial charge in [-0.3, -0.25) is 4.98 Å². The van der Waals surface area contributed by atoms with Crippen molar-refractivity contribution in [1.82, 2.24) is 10.3 Å². The van der Waals surface area contributed by atoms with Crippen LogP contribution in [0.2, 0.25) is 0 Å². The van der Waals surface area contributed by atoms with Crippen LogP contribution in [0.4, 0.5) is 0 Å². The van der Waals surface area contributed by atoms with Crippen molar-refractivity contribution in [2.45, 2.75) is 45.9 Å². The molecule has 1 heterocycles. The molecule has 30 heavy (non-hydrogen) atoms. The van der Waals surface area contributed by atoms with Gasteiger partial charge in [-0.2, -0.15) is 0 Å². The lowest BCUT2D eigenvalue weighted by molar-refractivity contribution is -0.129. The molecule has 0 amide bonds. The van der Waals surface area contributed by atoms with E-state index in [4.69, 9.17) is 9.47 Å². The molecule has 1 unspecified atom stereocenters. The molecule has 0 saturated heterocycles. The van der Waals surface area contributed by atoms with Gasteiger partial charge in [-0.25, -0.2) is 9.59 Å². The lowest BCUT2D eigenvalue weighted by atomic mass is 10.0. The quantitative estimate of drug-likeness (QED) is 0.390. The smallest absolute Gasteiger partial charge is 0.338 e. The number of aliphatic hydroxyl groups is 1. The minimum Gasteiger partial charge on any atom is -0.457 e. The predicted molar refractivity (Wildman–Crippen MR) is 113 cm³/mol. The molecular formula is C23H28N2O5. The van der Waals surface area contributed by atoms with Gasteiger partial charge in [0.1, 0.15) is 12.4 Å². The third-order valence-electron chi connectivity index (χ3n) is 4.08. The number of allylic oxidation sites excluding steroid dienone is 1. The van der Waals surface area contributed by atoms with Crippen molar-refractivity contribution >= 4 is 11.9 Å². The summed E-state index contributed by atoms with van der Waals surface area (Å²) in [5.41, 5.74) is 1.31. The molecule has 7 nitrogen and oxygen atoms in total. The Labute approximate surface area is 176 Å². The van der Waals surface area contributed by atoms with Crippen molar-refractivity contribution in [3.8, 4) is 5.75 Å². The Kier molecular flexibility index (Phi) is 8.26. The van der Waals surface area contributed by atoms with Crippen LogP contribution in [0.3, 0.4) is 0 Å². The maximum atomic E-state index is 12.3. The van der Waals surface area contributed by atoms with E-state index in [1.807, 2.05) is 20.8 Å². The second-order valence-electron chi connectivity index (χ2n) is 7.75. The third-order valence-corrected chi connectivity index (χ3v) is 4.08. The van der Waals surface area contributed by atoms with Gasteiger partial charge in [-0.1, -0.05) is 12.1 Å². The number of hydrogen-bond donors (Lipinski definition) is 2. The van der Waals surface area contributed by atoms with Crippen molar-refractivity contribution in [3.05, 3.63) is 71.6 Å². The van der Waals surface area contributed by atoms with E-state index < -0.39 is 18.0 Å². The molecule has 0 fully saturated rings. The van der Waals surface area contributed by atoms with Gasteiger partial charge in [-0.05, 0) is 57.5 Å². The van der Waals surface area contributed by atoms with E-state index in [0.29, 0.717) is 23.2 Å². The summed E-state index contributed by atoms with van der Waals surface area (Å²) in [6.07, 6.45) is 5.09. The highest BCUT2D eigenvalue weighted by atomic mass is 16.5. The van der Waals surface area contributed by atoms with Crippen LogP contribution in [0, 0.1) is 0 Å². The van der Waals surface area contributed by atoms with E-state index in [9.17, 15) is 14.7 Å². The number of pyridine rings is 1. The number of ether oxygens (including phenoxy) is 2. The number of nitrogens with zero attached hydrogens (tertiary/aromatic N) is 1. The summed E-state index contributed by atoms with van der Waals surface area (Å²) in [5.74, 6) is -0.800. The Morgan fingerprint density at radius 1 is 1.20 bits per heavy atom. The van der Waals surface area contributed by atoms with Crippen LogP contribution in [0.25, 0.3) is 0 Å². The maximum absolute atomic E-state index is 12.3. The Hall–Kier alpha value is -3.03. The summed E-state index contributed by atoms with van der Waals surface area (Å²) in [6.45, 7) is 7.96. The summed E-state index contributed by atoms with van der Waals surface area (Å²) >= 11 is 0. The van der Waals surface area contributed by atoms with E-state index in [2.05, 4.69) is 10.3 Å². The molecule has 1 atom stereocenters. The number of nitrogens with one attached hydrogen (secondary N) is 1. The van der Waals surface area contributed by atoms with Crippen LogP contribution in [-0.2, 0) is 16.1 Å². The van der Waals surface area contributed by atoms with Gasteiger partial charge in [0, 0.05) is 36.1 Å². The molecule has 2 aromatic rings. The van der Waals surface area contributed by atoms with E-state index in [1.165, 1.54) is 18.5 Å². The zero-order valence-electron chi connectivity index (χ0n) is 17.7. The first-order chi connectivity index (χ1) is 14.2. The zero-order valence-corrected chi connectivity index (χ0v) is 17.7. The molecule has 1 aromatic carbocycles. The largest absolute Gasteiger partial charge is 0.457 e. The van der Waals surface area contributed by atoms with Gasteiger partial charge in [-0.15, -0.1) is 0 Å². The van der Waals surface area contributed by atoms with Gasteiger partial charge in [0.05, 0.1) is 11.7 Å². The molecule has 1 aromatic heterocycles. The topological polar surface area (TPSA) is 97.8 Å². The summed E-state index contributed by atoms with van der Waals surface area (Å²) in [5, 5.41) is 13.8.